The monoisotopic (exact) mass is 328 g/mol. The lowest BCUT2D eigenvalue weighted by molar-refractivity contribution is 0.338. The third-order valence-electron chi connectivity index (χ3n) is 3.38. The average Bonchev–Trinajstić information content (AvgIpc) is 2.48. The van der Waals surface area contributed by atoms with Gasteiger partial charge in [0.25, 0.3) is 0 Å². The van der Waals surface area contributed by atoms with E-state index >= 15 is 0 Å². The van der Waals surface area contributed by atoms with Gasteiger partial charge in [-0.25, -0.2) is 4.39 Å². The van der Waals surface area contributed by atoms with Crippen LogP contribution in [0, 0.1) is 5.82 Å². The molecule has 0 radical (unpaired) electrons. The standard InChI is InChI=1S/C17H26FOPS/c1-3-5-7-8-14-19-20(21,15-9-6-4-2)17-12-10-16(18)11-13-17/h4,10-13H,2-3,5-9,14-15H2,1H3. The van der Waals surface area contributed by atoms with Crippen LogP contribution in [-0.4, -0.2) is 12.8 Å². The molecule has 0 aliphatic heterocycles. The van der Waals surface area contributed by atoms with Crippen LogP contribution in [0.5, 0.6) is 0 Å². The van der Waals surface area contributed by atoms with Crippen LogP contribution < -0.4 is 5.30 Å². The lowest BCUT2D eigenvalue weighted by Crippen LogP contribution is -2.11. The fourth-order valence-electron chi connectivity index (χ4n) is 2.12. The van der Waals surface area contributed by atoms with Gasteiger partial charge < -0.3 is 4.52 Å². The van der Waals surface area contributed by atoms with Crippen molar-refractivity contribution in [1.82, 2.24) is 0 Å². The van der Waals surface area contributed by atoms with E-state index in [0.29, 0.717) is 6.61 Å². The molecule has 1 aromatic rings. The molecule has 0 aliphatic carbocycles. The Morgan fingerprint density at radius 2 is 1.90 bits per heavy atom. The van der Waals surface area contributed by atoms with Crippen molar-refractivity contribution >= 4 is 23.4 Å². The van der Waals surface area contributed by atoms with E-state index in [1.165, 1.54) is 31.4 Å². The SMILES string of the molecule is C=CCCCP(=S)(OCCCCCC)c1ccc(F)cc1. The van der Waals surface area contributed by atoms with Crippen LogP contribution in [0.15, 0.2) is 36.9 Å². The zero-order valence-corrected chi connectivity index (χ0v) is 14.6. The Labute approximate surface area is 133 Å². The van der Waals surface area contributed by atoms with Gasteiger partial charge in [0.15, 0.2) is 0 Å². The van der Waals surface area contributed by atoms with Gasteiger partial charge in [-0.2, -0.15) is 0 Å². The van der Waals surface area contributed by atoms with E-state index in [-0.39, 0.29) is 5.82 Å². The van der Waals surface area contributed by atoms with Gasteiger partial charge in [-0.15, -0.1) is 6.58 Å². The summed E-state index contributed by atoms with van der Waals surface area (Å²) in [6.07, 6.45) is 7.32. The average molecular weight is 328 g/mol. The molecule has 0 saturated heterocycles. The normalized spacial score (nSPS) is 13.8. The summed E-state index contributed by atoms with van der Waals surface area (Å²) < 4.78 is 19.2. The molecule has 0 aromatic heterocycles. The highest BCUT2D eigenvalue weighted by Crippen LogP contribution is 2.47. The Morgan fingerprint density at radius 1 is 1.19 bits per heavy atom. The largest absolute Gasteiger partial charge is 0.346 e. The molecule has 0 spiro atoms. The molecule has 1 aromatic carbocycles. The van der Waals surface area contributed by atoms with Gasteiger partial charge in [-0.3, -0.25) is 0 Å². The minimum atomic E-state index is -2.05. The van der Waals surface area contributed by atoms with Crippen molar-refractivity contribution in [1.29, 1.82) is 0 Å². The van der Waals surface area contributed by atoms with Gasteiger partial charge in [0, 0.05) is 11.5 Å². The maximum atomic E-state index is 13.1. The third-order valence-corrected chi connectivity index (χ3v) is 7.46. The van der Waals surface area contributed by atoms with Crippen LogP contribution in [-0.2, 0) is 16.3 Å². The van der Waals surface area contributed by atoms with E-state index in [9.17, 15) is 4.39 Å². The van der Waals surface area contributed by atoms with Crippen molar-refractivity contribution in [2.24, 2.45) is 0 Å². The smallest absolute Gasteiger partial charge is 0.123 e. The number of halogens is 1. The van der Waals surface area contributed by atoms with Gasteiger partial charge in [0.2, 0.25) is 0 Å². The highest BCUT2D eigenvalue weighted by molar-refractivity contribution is 8.15. The summed E-state index contributed by atoms with van der Waals surface area (Å²) in [4.78, 5) is 0. The first kappa shape index (κ1) is 18.5. The summed E-state index contributed by atoms with van der Waals surface area (Å²) >= 11 is 5.84. The minimum absolute atomic E-state index is 0.227. The maximum Gasteiger partial charge on any atom is 0.123 e. The van der Waals surface area contributed by atoms with Crippen LogP contribution >= 0.6 is 6.26 Å². The summed E-state index contributed by atoms with van der Waals surface area (Å²) in [5.41, 5.74) is 0. The Kier molecular flexibility index (Phi) is 9.07. The van der Waals surface area contributed by atoms with E-state index < -0.39 is 6.26 Å². The fourth-order valence-corrected chi connectivity index (χ4v) is 5.26. The number of benzene rings is 1. The van der Waals surface area contributed by atoms with Crippen molar-refractivity contribution in [3.8, 4) is 0 Å². The van der Waals surface area contributed by atoms with Gasteiger partial charge >= 0.3 is 0 Å². The predicted molar refractivity (Wildman–Crippen MR) is 94.7 cm³/mol. The van der Waals surface area contributed by atoms with E-state index in [2.05, 4.69) is 13.5 Å². The summed E-state index contributed by atoms with van der Waals surface area (Å²) in [6.45, 7) is 6.65. The van der Waals surface area contributed by atoms with Crippen molar-refractivity contribution in [2.75, 3.05) is 12.8 Å². The molecule has 0 N–H and O–H groups in total. The molecule has 1 rings (SSSR count). The van der Waals surface area contributed by atoms with E-state index in [1.54, 1.807) is 12.1 Å². The second kappa shape index (κ2) is 10.3. The molecule has 118 valence electrons. The van der Waals surface area contributed by atoms with Gasteiger partial charge in [0.1, 0.15) is 5.82 Å². The highest BCUT2D eigenvalue weighted by atomic mass is 32.4. The zero-order chi connectivity index (χ0) is 15.6. The molecule has 1 nitrogen and oxygen atoms in total. The molecule has 21 heavy (non-hydrogen) atoms. The predicted octanol–water partition coefficient (Wildman–Crippen LogP) is 5.41. The van der Waals surface area contributed by atoms with Crippen molar-refractivity contribution < 1.29 is 8.91 Å². The second-order valence-corrected chi connectivity index (χ2v) is 9.54. The number of hydrogen-bond donors (Lipinski definition) is 0. The molecule has 0 saturated carbocycles. The fraction of sp³-hybridized carbons (Fsp3) is 0.529. The molecule has 0 aliphatic rings. The molecule has 0 amide bonds. The minimum Gasteiger partial charge on any atom is -0.346 e. The molecular weight excluding hydrogens is 302 g/mol. The molecule has 0 heterocycles. The first-order chi connectivity index (χ1) is 10.1. The van der Waals surface area contributed by atoms with Gasteiger partial charge in [-0.05, 0) is 43.5 Å². The maximum absolute atomic E-state index is 13.1. The number of unbranched alkanes of at least 4 members (excludes halogenated alkanes) is 4. The first-order valence-corrected chi connectivity index (χ1v) is 10.6. The van der Waals surface area contributed by atoms with Crippen LogP contribution in [0.4, 0.5) is 4.39 Å². The Hall–Kier alpha value is -0.500. The zero-order valence-electron chi connectivity index (χ0n) is 12.9. The Balaban J connectivity index is 2.67. The van der Waals surface area contributed by atoms with Crippen LogP contribution in [0.2, 0.25) is 0 Å². The molecule has 0 bridgehead atoms. The Morgan fingerprint density at radius 3 is 2.52 bits per heavy atom. The van der Waals surface area contributed by atoms with E-state index in [0.717, 1.165) is 30.7 Å². The lowest BCUT2D eigenvalue weighted by atomic mass is 10.2. The van der Waals surface area contributed by atoms with Crippen LogP contribution in [0.25, 0.3) is 0 Å². The Bertz CT molecular complexity index is 458. The topological polar surface area (TPSA) is 9.23 Å². The van der Waals surface area contributed by atoms with Crippen LogP contribution in [0.3, 0.4) is 0 Å². The van der Waals surface area contributed by atoms with E-state index in [1.807, 2.05) is 6.08 Å². The number of rotatable bonds is 11. The summed E-state index contributed by atoms with van der Waals surface area (Å²) in [5.74, 6) is -0.227. The molecular formula is C17H26FOPS. The summed E-state index contributed by atoms with van der Waals surface area (Å²) in [7, 11) is 0. The summed E-state index contributed by atoms with van der Waals surface area (Å²) in [5, 5.41) is 0.985. The quantitative estimate of drug-likeness (QED) is 0.305. The molecule has 1 atom stereocenters. The lowest BCUT2D eigenvalue weighted by Gasteiger charge is -2.23. The van der Waals surface area contributed by atoms with E-state index in [4.69, 9.17) is 16.3 Å². The molecule has 0 fully saturated rings. The van der Waals surface area contributed by atoms with Crippen LogP contribution in [0.1, 0.15) is 45.4 Å². The van der Waals surface area contributed by atoms with Crippen molar-refractivity contribution in [3.05, 3.63) is 42.7 Å². The number of hydrogen-bond acceptors (Lipinski definition) is 2. The highest BCUT2D eigenvalue weighted by Gasteiger charge is 2.20. The van der Waals surface area contributed by atoms with Crippen molar-refractivity contribution in [2.45, 2.75) is 45.4 Å². The number of allylic oxidation sites excluding steroid dienone is 1. The third kappa shape index (κ3) is 6.86. The second-order valence-electron chi connectivity index (χ2n) is 5.20. The molecule has 1 unspecified atom stereocenters. The van der Waals surface area contributed by atoms with Gasteiger partial charge in [0.05, 0.1) is 12.9 Å². The first-order valence-electron chi connectivity index (χ1n) is 7.73. The van der Waals surface area contributed by atoms with Crippen molar-refractivity contribution in [3.63, 3.8) is 0 Å². The van der Waals surface area contributed by atoms with Gasteiger partial charge in [-0.1, -0.05) is 44.1 Å². The summed E-state index contributed by atoms with van der Waals surface area (Å²) in [6, 6.07) is 6.53. The molecule has 4 heteroatoms.